The summed E-state index contributed by atoms with van der Waals surface area (Å²) in [5.74, 6) is -3.49. The Bertz CT molecular complexity index is 609. The first-order valence-electron chi connectivity index (χ1n) is 5.75. The smallest absolute Gasteiger partial charge is 0.187 e. The minimum absolute atomic E-state index is 0.0677. The summed E-state index contributed by atoms with van der Waals surface area (Å²) in [5.41, 5.74) is 0.846. The Morgan fingerprint density at radius 1 is 1.05 bits per heavy atom. The van der Waals surface area contributed by atoms with E-state index in [-0.39, 0.29) is 12.3 Å². The highest BCUT2D eigenvalue weighted by Gasteiger charge is 2.09. The van der Waals surface area contributed by atoms with Crippen LogP contribution in [0.5, 0.6) is 11.5 Å². The summed E-state index contributed by atoms with van der Waals surface area (Å²) in [6, 6.07) is 6.17. The second-order valence-electron chi connectivity index (χ2n) is 4.11. The topological polar surface area (TPSA) is 41.5 Å². The predicted octanol–water partition coefficient (Wildman–Crippen LogP) is 3.43. The SMILES string of the molecule is COc1cc(NCc2cc(F)c(O)c(F)c2)ccc1F. The number of ether oxygens (including phenoxy) is 1. The first-order chi connectivity index (χ1) is 9.51. The summed E-state index contributed by atoms with van der Waals surface area (Å²) in [7, 11) is 1.34. The third kappa shape index (κ3) is 2.96. The second kappa shape index (κ2) is 5.73. The number of benzene rings is 2. The molecule has 0 unspecified atom stereocenters. The van der Waals surface area contributed by atoms with Gasteiger partial charge in [0.2, 0.25) is 0 Å². The molecule has 106 valence electrons. The number of anilines is 1. The maximum atomic E-state index is 13.2. The van der Waals surface area contributed by atoms with Crippen LogP contribution < -0.4 is 10.1 Å². The number of hydrogen-bond acceptors (Lipinski definition) is 3. The Morgan fingerprint density at radius 2 is 1.70 bits per heavy atom. The number of methoxy groups -OCH3 is 1. The molecule has 0 saturated heterocycles. The van der Waals surface area contributed by atoms with E-state index in [1.165, 1.54) is 25.3 Å². The van der Waals surface area contributed by atoms with Gasteiger partial charge in [-0.1, -0.05) is 0 Å². The minimum atomic E-state index is -1.03. The summed E-state index contributed by atoms with van der Waals surface area (Å²) in [6.07, 6.45) is 0. The second-order valence-corrected chi connectivity index (χ2v) is 4.11. The van der Waals surface area contributed by atoms with E-state index >= 15 is 0 Å². The summed E-state index contributed by atoms with van der Waals surface area (Å²) in [4.78, 5) is 0. The van der Waals surface area contributed by atoms with Crippen molar-refractivity contribution in [3.63, 3.8) is 0 Å². The first-order valence-corrected chi connectivity index (χ1v) is 5.75. The molecule has 0 aromatic heterocycles. The zero-order valence-electron chi connectivity index (χ0n) is 10.6. The van der Waals surface area contributed by atoms with Gasteiger partial charge in [-0.25, -0.2) is 13.2 Å². The van der Waals surface area contributed by atoms with E-state index in [1.54, 1.807) is 0 Å². The molecule has 2 aromatic carbocycles. The Balaban J connectivity index is 2.13. The monoisotopic (exact) mass is 283 g/mol. The van der Waals surface area contributed by atoms with Crippen molar-refractivity contribution in [1.82, 2.24) is 0 Å². The van der Waals surface area contributed by atoms with E-state index in [4.69, 9.17) is 9.84 Å². The standard InChI is InChI=1S/C14H12F3NO2/c1-20-13-6-9(2-3-10(13)15)18-7-8-4-11(16)14(19)12(17)5-8/h2-6,18-19H,7H2,1H3. The lowest BCUT2D eigenvalue weighted by molar-refractivity contribution is 0.387. The molecule has 0 spiro atoms. The van der Waals surface area contributed by atoms with E-state index in [1.807, 2.05) is 0 Å². The largest absolute Gasteiger partial charge is 0.503 e. The van der Waals surface area contributed by atoms with Crippen molar-refractivity contribution in [2.24, 2.45) is 0 Å². The van der Waals surface area contributed by atoms with Crippen LogP contribution in [0.3, 0.4) is 0 Å². The number of nitrogens with one attached hydrogen (secondary N) is 1. The number of hydrogen-bond donors (Lipinski definition) is 2. The van der Waals surface area contributed by atoms with Gasteiger partial charge in [0.25, 0.3) is 0 Å². The molecule has 0 fully saturated rings. The van der Waals surface area contributed by atoms with Gasteiger partial charge in [-0.05, 0) is 29.8 Å². The molecule has 2 N–H and O–H groups in total. The molecule has 0 atom stereocenters. The number of phenols is 1. The van der Waals surface area contributed by atoms with Crippen LogP contribution in [0.2, 0.25) is 0 Å². The molecule has 0 amide bonds. The molecule has 0 aliphatic carbocycles. The average molecular weight is 283 g/mol. The average Bonchev–Trinajstić information content (AvgIpc) is 2.43. The van der Waals surface area contributed by atoms with Gasteiger partial charge in [0.1, 0.15) is 0 Å². The summed E-state index contributed by atoms with van der Waals surface area (Å²) < 4.78 is 44.3. The third-order valence-corrected chi connectivity index (χ3v) is 2.72. The normalized spacial score (nSPS) is 10.4. The van der Waals surface area contributed by atoms with Crippen molar-refractivity contribution in [1.29, 1.82) is 0 Å². The van der Waals surface area contributed by atoms with Crippen molar-refractivity contribution in [2.45, 2.75) is 6.54 Å². The van der Waals surface area contributed by atoms with E-state index in [0.29, 0.717) is 11.3 Å². The van der Waals surface area contributed by atoms with Crippen LogP contribution in [0.25, 0.3) is 0 Å². The highest BCUT2D eigenvalue weighted by atomic mass is 19.1. The molecule has 0 radical (unpaired) electrons. The fourth-order valence-corrected chi connectivity index (χ4v) is 1.69. The number of phenolic OH excluding ortho intramolecular Hbond substituents is 1. The molecule has 6 heteroatoms. The molecule has 0 heterocycles. The third-order valence-electron chi connectivity index (χ3n) is 2.72. The van der Waals surface area contributed by atoms with Crippen LogP contribution in [-0.2, 0) is 6.54 Å². The zero-order valence-corrected chi connectivity index (χ0v) is 10.6. The van der Waals surface area contributed by atoms with Gasteiger partial charge >= 0.3 is 0 Å². The van der Waals surface area contributed by atoms with Crippen LogP contribution in [-0.4, -0.2) is 12.2 Å². The maximum Gasteiger partial charge on any atom is 0.187 e. The van der Waals surface area contributed by atoms with E-state index in [2.05, 4.69) is 5.32 Å². The summed E-state index contributed by atoms with van der Waals surface area (Å²) in [5, 5.41) is 11.9. The molecule has 0 aliphatic rings. The molecule has 0 aliphatic heterocycles. The van der Waals surface area contributed by atoms with Crippen LogP contribution >= 0.6 is 0 Å². The quantitative estimate of drug-likeness (QED) is 0.903. The molecule has 0 saturated carbocycles. The number of aromatic hydroxyl groups is 1. The lowest BCUT2D eigenvalue weighted by atomic mass is 10.2. The van der Waals surface area contributed by atoms with E-state index < -0.39 is 23.2 Å². The maximum absolute atomic E-state index is 13.2. The van der Waals surface area contributed by atoms with Crippen molar-refractivity contribution in [3.8, 4) is 11.5 Å². The summed E-state index contributed by atoms with van der Waals surface area (Å²) in [6.45, 7) is 0.114. The Morgan fingerprint density at radius 3 is 2.30 bits per heavy atom. The summed E-state index contributed by atoms with van der Waals surface area (Å²) >= 11 is 0. The number of halogens is 3. The molecule has 0 bridgehead atoms. The molecule has 2 rings (SSSR count). The van der Waals surface area contributed by atoms with Crippen molar-refractivity contribution < 1.29 is 23.0 Å². The van der Waals surface area contributed by atoms with E-state index in [9.17, 15) is 13.2 Å². The lowest BCUT2D eigenvalue weighted by Crippen LogP contribution is -2.01. The van der Waals surface area contributed by atoms with Crippen molar-refractivity contribution >= 4 is 5.69 Å². The van der Waals surface area contributed by atoms with Crippen LogP contribution in [0, 0.1) is 17.5 Å². The number of rotatable bonds is 4. The zero-order chi connectivity index (χ0) is 14.7. The van der Waals surface area contributed by atoms with Gasteiger partial charge in [0.15, 0.2) is 29.0 Å². The Kier molecular flexibility index (Phi) is 4.02. The van der Waals surface area contributed by atoms with Crippen LogP contribution in [0.1, 0.15) is 5.56 Å². The van der Waals surface area contributed by atoms with Gasteiger partial charge in [0, 0.05) is 18.3 Å². The molecule has 20 heavy (non-hydrogen) atoms. The van der Waals surface area contributed by atoms with Gasteiger partial charge in [-0.15, -0.1) is 0 Å². The van der Waals surface area contributed by atoms with E-state index in [0.717, 1.165) is 12.1 Å². The fraction of sp³-hybridized carbons (Fsp3) is 0.143. The first kappa shape index (κ1) is 14.0. The molecule has 2 aromatic rings. The molecular formula is C14H12F3NO2. The molecule has 3 nitrogen and oxygen atoms in total. The van der Waals surface area contributed by atoms with Gasteiger partial charge in [0.05, 0.1) is 7.11 Å². The highest BCUT2D eigenvalue weighted by molar-refractivity contribution is 5.49. The molecular weight excluding hydrogens is 271 g/mol. The van der Waals surface area contributed by atoms with Gasteiger partial charge in [-0.3, -0.25) is 0 Å². The fourth-order valence-electron chi connectivity index (χ4n) is 1.69. The van der Waals surface area contributed by atoms with Crippen LogP contribution in [0.15, 0.2) is 30.3 Å². The van der Waals surface area contributed by atoms with Gasteiger partial charge in [-0.2, -0.15) is 0 Å². The Labute approximate surface area is 113 Å². The van der Waals surface area contributed by atoms with Crippen molar-refractivity contribution in [2.75, 3.05) is 12.4 Å². The van der Waals surface area contributed by atoms with Gasteiger partial charge < -0.3 is 15.2 Å². The lowest BCUT2D eigenvalue weighted by Gasteiger charge is -2.09. The predicted molar refractivity (Wildman–Crippen MR) is 68.3 cm³/mol. The Hall–Kier alpha value is -2.37. The van der Waals surface area contributed by atoms with Crippen molar-refractivity contribution in [3.05, 3.63) is 53.3 Å². The van der Waals surface area contributed by atoms with Crippen LogP contribution in [0.4, 0.5) is 18.9 Å². The highest BCUT2D eigenvalue weighted by Crippen LogP contribution is 2.24. The minimum Gasteiger partial charge on any atom is -0.503 e.